The van der Waals surface area contributed by atoms with Crippen molar-refractivity contribution in [1.82, 2.24) is 0 Å². The molecule has 0 atom stereocenters. The largest absolute Gasteiger partial charge is 0.311 e. The Morgan fingerprint density at radius 3 is 1.49 bits per heavy atom. The average Bonchev–Trinajstić information content (AvgIpc) is 3.16. The summed E-state index contributed by atoms with van der Waals surface area (Å²) in [7, 11) is 0. The number of rotatable bonds is 3. The molecule has 2 nitrogen and oxygen atoms in total. The highest BCUT2D eigenvalue weighted by atomic mass is 15.2. The van der Waals surface area contributed by atoms with E-state index in [0.717, 1.165) is 0 Å². The third kappa shape index (κ3) is 5.87. The lowest BCUT2D eigenvalue weighted by Gasteiger charge is -2.45. The molecule has 55 heavy (non-hydrogen) atoms. The summed E-state index contributed by atoms with van der Waals surface area (Å²) in [5.74, 6) is 0. The van der Waals surface area contributed by atoms with Gasteiger partial charge in [0.1, 0.15) is 0 Å². The van der Waals surface area contributed by atoms with Crippen LogP contribution in [0.2, 0.25) is 0 Å². The Kier molecular flexibility index (Phi) is 8.00. The summed E-state index contributed by atoms with van der Waals surface area (Å²) in [4.78, 5) is 5.13. The van der Waals surface area contributed by atoms with Gasteiger partial charge in [-0.2, -0.15) is 0 Å². The van der Waals surface area contributed by atoms with Gasteiger partial charge >= 0.3 is 0 Å². The second kappa shape index (κ2) is 12.5. The Hall–Kier alpha value is -5.54. The first-order valence-corrected chi connectivity index (χ1v) is 19.9. The second-order valence-electron chi connectivity index (χ2n) is 18.7. The third-order valence-electron chi connectivity index (χ3n) is 11.9. The van der Waals surface area contributed by atoms with Gasteiger partial charge in [-0.05, 0) is 108 Å². The SMILES string of the molecule is CC(C)(C)c1ccc(N2c3ccc(C(C)(C)C)cc3B3c4cc(C(C)(C)C)ccc4N(c4cccc5ccccc45)c4cc(-c5ccccc5)cc2c43)cc1. The molecule has 0 radical (unpaired) electrons. The van der Waals surface area contributed by atoms with Gasteiger partial charge in [0.25, 0.3) is 6.71 Å². The molecule has 2 aliphatic rings. The highest BCUT2D eigenvalue weighted by Gasteiger charge is 2.44. The summed E-state index contributed by atoms with van der Waals surface area (Å²) in [6.45, 7) is 20.9. The van der Waals surface area contributed by atoms with E-state index in [2.05, 4.69) is 218 Å². The molecule has 0 amide bonds. The van der Waals surface area contributed by atoms with E-state index in [9.17, 15) is 0 Å². The van der Waals surface area contributed by atoms with Crippen molar-refractivity contribution in [2.75, 3.05) is 9.80 Å². The molecule has 0 aliphatic carbocycles. The van der Waals surface area contributed by atoms with E-state index >= 15 is 0 Å². The van der Waals surface area contributed by atoms with Crippen LogP contribution in [0.1, 0.15) is 79.0 Å². The molecule has 0 saturated heterocycles. The zero-order valence-corrected chi connectivity index (χ0v) is 33.8. The fourth-order valence-corrected chi connectivity index (χ4v) is 8.79. The number of nitrogens with zero attached hydrogens (tertiary/aromatic N) is 2. The molecular weight excluding hydrogens is 663 g/mol. The second-order valence-corrected chi connectivity index (χ2v) is 18.7. The maximum Gasteiger partial charge on any atom is 0.252 e. The van der Waals surface area contributed by atoms with Gasteiger partial charge in [0.15, 0.2) is 0 Å². The van der Waals surface area contributed by atoms with Gasteiger partial charge in [-0.3, -0.25) is 0 Å². The van der Waals surface area contributed by atoms with E-state index in [1.807, 2.05) is 0 Å². The molecule has 3 heteroatoms. The summed E-state index contributed by atoms with van der Waals surface area (Å²) in [5.41, 5.74) is 17.9. The fourth-order valence-electron chi connectivity index (χ4n) is 8.79. The van der Waals surface area contributed by atoms with Gasteiger partial charge in [-0.25, -0.2) is 0 Å². The van der Waals surface area contributed by atoms with Crippen LogP contribution in [0.15, 0.2) is 146 Å². The summed E-state index contributed by atoms with van der Waals surface area (Å²) in [5, 5.41) is 2.48. The lowest BCUT2D eigenvalue weighted by Crippen LogP contribution is -2.61. The monoisotopic (exact) mass is 714 g/mol. The van der Waals surface area contributed by atoms with E-state index in [0.29, 0.717) is 0 Å². The van der Waals surface area contributed by atoms with E-state index in [-0.39, 0.29) is 23.0 Å². The minimum atomic E-state index is -0.00876. The van der Waals surface area contributed by atoms with Gasteiger partial charge in [0.2, 0.25) is 0 Å². The zero-order valence-electron chi connectivity index (χ0n) is 33.8. The van der Waals surface area contributed by atoms with Crippen molar-refractivity contribution in [2.45, 2.75) is 78.6 Å². The van der Waals surface area contributed by atoms with E-state index in [1.165, 1.54) is 89.1 Å². The highest BCUT2D eigenvalue weighted by Crippen LogP contribution is 2.48. The number of benzene rings is 7. The number of fused-ring (bicyclic) bond motifs is 5. The molecule has 0 spiro atoms. The highest BCUT2D eigenvalue weighted by molar-refractivity contribution is 7.00. The van der Waals surface area contributed by atoms with Crippen LogP contribution < -0.4 is 26.2 Å². The van der Waals surface area contributed by atoms with E-state index < -0.39 is 0 Å². The summed E-state index contributed by atoms with van der Waals surface area (Å²) in [6, 6.07) is 55.3. The topological polar surface area (TPSA) is 6.48 Å². The van der Waals surface area contributed by atoms with Crippen molar-refractivity contribution in [3.8, 4) is 11.1 Å². The van der Waals surface area contributed by atoms with Crippen molar-refractivity contribution in [3.63, 3.8) is 0 Å². The molecule has 9 rings (SSSR count). The van der Waals surface area contributed by atoms with Gasteiger partial charge in [-0.15, -0.1) is 0 Å². The van der Waals surface area contributed by atoms with E-state index in [1.54, 1.807) is 0 Å². The molecule has 7 aromatic carbocycles. The van der Waals surface area contributed by atoms with Crippen LogP contribution in [0, 0.1) is 0 Å². The first-order chi connectivity index (χ1) is 26.2. The normalized spacial score (nSPS) is 13.8. The Labute approximate surface area is 328 Å². The Morgan fingerprint density at radius 2 is 0.891 bits per heavy atom. The molecule has 7 aromatic rings. The van der Waals surface area contributed by atoms with Crippen molar-refractivity contribution < 1.29 is 0 Å². The molecule has 0 N–H and O–H groups in total. The fraction of sp³-hybridized carbons (Fsp3) is 0.231. The van der Waals surface area contributed by atoms with Gasteiger partial charge in [-0.1, -0.05) is 165 Å². The lowest BCUT2D eigenvalue weighted by molar-refractivity contribution is 0.590. The van der Waals surface area contributed by atoms with E-state index in [4.69, 9.17) is 0 Å². The minimum Gasteiger partial charge on any atom is -0.311 e. The smallest absolute Gasteiger partial charge is 0.252 e. The summed E-state index contributed by atoms with van der Waals surface area (Å²) >= 11 is 0. The van der Waals surface area contributed by atoms with Crippen LogP contribution in [0.25, 0.3) is 21.9 Å². The first-order valence-electron chi connectivity index (χ1n) is 19.9. The molecular formula is C52H51BN2. The minimum absolute atomic E-state index is 0.00572. The van der Waals surface area contributed by atoms with Crippen molar-refractivity contribution in [3.05, 3.63) is 162 Å². The van der Waals surface area contributed by atoms with Crippen LogP contribution in [-0.4, -0.2) is 6.71 Å². The lowest BCUT2D eigenvalue weighted by atomic mass is 9.33. The molecule has 2 heterocycles. The van der Waals surface area contributed by atoms with Crippen molar-refractivity contribution in [2.24, 2.45) is 0 Å². The molecule has 0 fully saturated rings. The quantitative estimate of drug-likeness (QED) is 0.168. The third-order valence-corrected chi connectivity index (χ3v) is 11.9. The maximum absolute atomic E-state index is 2.57. The summed E-state index contributed by atoms with van der Waals surface area (Å²) < 4.78 is 0. The van der Waals surface area contributed by atoms with Gasteiger partial charge in [0.05, 0.1) is 5.69 Å². The Balaban J connectivity index is 1.43. The van der Waals surface area contributed by atoms with Gasteiger partial charge < -0.3 is 9.80 Å². The Morgan fingerprint density at radius 1 is 0.382 bits per heavy atom. The van der Waals surface area contributed by atoms with Crippen molar-refractivity contribution >= 4 is 68.0 Å². The molecule has 0 unspecified atom stereocenters. The number of hydrogen-bond donors (Lipinski definition) is 0. The predicted octanol–water partition coefficient (Wildman–Crippen LogP) is 12.5. The van der Waals surface area contributed by atoms with Crippen LogP contribution in [-0.2, 0) is 16.2 Å². The summed E-state index contributed by atoms with van der Waals surface area (Å²) in [6.07, 6.45) is 0. The standard InChI is InChI=1S/C52H51BN2/c1-50(2,3)37-22-26-40(27-23-37)54-45-28-24-38(51(4,5)6)32-42(45)53-43-33-39(52(7,8)9)25-29-46(43)55(44-21-15-19-35-18-13-14-20-41(35)44)48-31-36(30-47(54)49(48)53)34-16-11-10-12-17-34/h10-33H,1-9H3. The predicted molar refractivity (Wildman–Crippen MR) is 240 cm³/mol. The van der Waals surface area contributed by atoms with Crippen LogP contribution >= 0.6 is 0 Å². The first kappa shape index (κ1) is 35.2. The molecule has 2 aliphatic heterocycles. The van der Waals surface area contributed by atoms with Gasteiger partial charge in [0, 0.05) is 33.8 Å². The molecule has 272 valence electrons. The van der Waals surface area contributed by atoms with Crippen LogP contribution in [0.3, 0.4) is 0 Å². The maximum atomic E-state index is 2.57. The number of anilines is 6. The molecule has 0 saturated carbocycles. The van der Waals surface area contributed by atoms with Crippen LogP contribution in [0.5, 0.6) is 0 Å². The zero-order chi connectivity index (χ0) is 38.4. The molecule has 0 bridgehead atoms. The molecule has 0 aromatic heterocycles. The Bertz CT molecular complexity index is 2590. The average molecular weight is 715 g/mol. The number of hydrogen-bond acceptors (Lipinski definition) is 2. The van der Waals surface area contributed by atoms with Crippen LogP contribution in [0.4, 0.5) is 34.1 Å². The van der Waals surface area contributed by atoms with Crippen molar-refractivity contribution in [1.29, 1.82) is 0 Å².